The summed E-state index contributed by atoms with van der Waals surface area (Å²) in [6, 6.07) is 23.9. The summed E-state index contributed by atoms with van der Waals surface area (Å²) >= 11 is 0. The Morgan fingerprint density at radius 2 is 1.56 bits per heavy atom. The van der Waals surface area contributed by atoms with E-state index in [-0.39, 0.29) is 35.6 Å². The Kier molecular flexibility index (Phi) is 10.9. The van der Waals surface area contributed by atoms with Crippen LogP contribution < -0.4 is 9.15 Å². The third kappa shape index (κ3) is 9.26. The zero-order chi connectivity index (χ0) is 30.3. The average molecular weight is 597 g/mol. The third-order valence-electron chi connectivity index (χ3n) is 7.55. The van der Waals surface area contributed by atoms with Crippen molar-refractivity contribution in [3.8, 4) is 5.75 Å². The first-order valence-corrected chi connectivity index (χ1v) is 18.4. The molecule has 0 unspecified atom stereocenters. The molecule has 3 aromatic carbocycles. The van der Waals surface area contributed by atoms with Crippen LogP contribution in [0.1, 0.15) is 50.4 Å². The summed E-state index contributed by atoms with van der Waals surface area (Å²) in [5.41, 5.74) is 2.84. The number of hydrogen-bond acceptors (Lipinski definition) is 6. The SMILES string of the molecule is CCOC(=O)CN(Cc1ccccc1)[C@H](CNS(=O)(=O)c1ccc(C)cc1)c1ccc(O[Si](C)(C)C(C)(C)C)cc1. The lowest BCUT2D eigenvalue weighted by Gasteiger charge is -2.36. The van der Waals surface area contributed by atoms with Gasteiger partial charge < -0.3 is 9.16 Å². The largest absolute Gasteiger partial charge is 0.544 e. The van der Waals surface area contributed by atoms with Crippen LogP contribution in [-0.4, -0.2) is 47.3 Å². The molecule has 0 saturated heterocycles. The molecule has 1 atom stereocenters. The second-order valence-electron chi connectivity index (χ2n) is 11.8. The topological polar surface area (TPSA) is 84.9 Å². The minimum atomic E-state index is -3.79. The Morgan fingerprint density at radius 3 is 2.12 bits per heavy atom. The zero-order valence-electron chi connectivity index (χ0n) is 25.3. The fourth-order valence-corrected chi connectivity index (χ4v) is 6.19. The van der Waals surface area contributed by atoms with Gasteiger partial charge in [-0.25, -0.2) is 13.1 Å². The standard InChI is InChI=1S/C32H44N2O5SSi/c1-8-38-31(35)24-34(23-26-12-10-9-11-13-26)30(22-33-40(36,37)29-20-14-25(2)15-21-29)27-16-18-28(19-17-27)39-41(6,7)32(3,4)5/h9-21,30,33H,8,22-24H2,1-7H3/t30-/m1/s1. The molecule has 3 aromatic rings. The number of aryl methyl sites for hydroxylation is 1. The molecule has 0 heterocycles. The zero-order valence-corrected chi connectivity index (χ0v) is 27.1. The van der Waals surface area contributed by atoms with Crippen LogP contribution in [0.15, 0.2) is 83.8 Å². The van der Waals surface area contributed by atoms with E-state index in [1.807, 2.05) is 66.4 Å². The van der Waals surface area contributed by atoms with E-state index in [0.717, 1.165) is 22.4 Å². The van der Waals surface area contributed by atoms with E-state index in [9.17, 15) is 13.2 Å². The van der Waals surface area contributed by atoms with Gasteiger partial charge in [0.1, 0.15) is 5.75 Å². The van der Waals surface area contributed by atoms with E-state index in [1.165, 1.54) is 0 Å². The van der Waals surface area contributed by atoms with Crippen LogP contribution in [0, 0.1) is 6.92 Å². The molecule has 0 bridgehead atoms. The molecule has 0 saturated carbocycles. The molecule has 0 fully saturated rings. The Morgan fingerprint density at radius 1 is 0.951 bits per heavy atom. The van der Waals surface area contributed by atoms with Crippen molar-refractivity contribution >= 4 is 24.3 Å². The smallest absolute Gasteiger partial charge is 0.320 e. The summed E-state index contributed by atoms with van der Waals surface area (Å²) in [6.45, 7) is 15.4. The van der Waals surface area contributed by atoms with Crippen LogP contribution >= 0.6 is 0 Å². The Hall–Kier alpha value is -2.98. The predicted octanol–water partition coefficient (Wildman–Crippen LogP) is 6.46. The molecule has 0 amide bonds. The fraction of sp³-hybridized carbons (Fsp3) is 0.406. The first kappa shape index (κ1) is 32.5. The normalized spacial score (nSPS) is 13.2. The monoisotopic (exact) mass is 596 g/mol. The molecule has 222 valence electrons. The number of nitrogens with one attached hydrogen (secondary N) is 1. The highest BCUT2D eigenvalue weighted by molar-refractivity contribution is 7.89. The number of nitrogens with zero attached hydrogens (tertiary/aromatic N) is 1. The van der Waals surface area contributed by atoms with Gasteiger partial charge in [0, 0.05) is 19.1 Å². The number of carbonyl (C=O) groups is 1. The van der Waals surface area contributed by atoms with E-state index in [1.54, 1.807) is 31.2 Å². The van der Waals surface area contributed by atoms with Gasteiger partial charge >= 0.3 is 5.97 Å². The van der Waals surface area contributed by atoms with Gasteiger partial charge in [0.15, 0.2) is 0 Å². The number of benzene rings is 3. The van der Waals surface area contributed by atoms with E-state index in [4.69, 9.17) is 9.16 Å². The number of hydrogen-bond donors (Lipinski definition) is 1. The van der Waals surface area contributed by atoms with Crippen molar-refractivity contribution in [2.45, 2.75) is 70.2 Å². The van der Waals surface area contributed by atoms with Gasteiger partial charge in [-0.05, 0) is 67.4 Å². The van der Waals surface area contributed by atoms with Crippen molar-refractivity contribution < 1.29 is 22.4 Å². The summed E-state index contributed by atoms with van der Waals surface area (Å²) in [7, 11) is -5.82. The minimum Gasteiger partial charge on any atom is -0.544 e. The van der Waals surface area contributed by atoms with Gasteiger partial charge in [0.05, 0.1) is 18.0 Å². The maximum Gasteiger partial charge on any atom is 0.320 e. The molecule has 9 heteroatoms. The number of ether oxygens (including phenoxy) is 1. The van der Waals surface area contributed by atoms with Crippen LogP contribution in [-0.2, 0) is 26.1 Å². The van der Waals surface area contributed by atoms with E-state index < -0.39 is 24.4 Å². The highest BCUT2D eigenvalue weighted by Gasteiger charge is 2.39. The lowest BCUT2D eigenvalue weighted by atomic mass is 10.0. The van der Waals surface area contributed by atoms with Gasteiger partial charge in [0.2, 0.25) is 18.3 Å². The molecule has 1 N–H and O–H groups in total. The summed E-state index contributed by atoms with van der Waals surface area (Å²) < 4.78 is 41.1. The number of rotatable bonds is 13. The van der Waals surface area contributed by atoms with Crippen molar-refractivity contribution in [2.24, 2.45) is 0 Å². The molecule has 0 aliphatic rings. The number of carbonyl (C=O) groups excluding carboxylic acids is 1. The molecule has 41 heavy (non-hydrogen) atoms. The molecular weight excluding hydrogens is 553 g/mol. The van der Waals surface area contributed by atoms with E-state index in [0.29, 0.717) is 6.54 Å². The third-order valence-corrected chi connectivity index (χ3v) is 13.3. The van der Waals surface area contributed by atoms with Crippen molar-refractivity contribution in [1.29, 1.82) is 0 Å². The summed E-state index contributed by atoms with van der Waals surface area (Å²) in [6.07, 6.45) is 0. The highest BCUT2D eigenvalue weighted by atomic mass is 32.2. The lowest BCUT2D eigenvalue weighted by Crippen LogP contribution is -2.43. The van der Waals surface area contributed by atoms with Crippen molar-refractivity contribution in [2.75, 3.05) is 19.7 Å². The maximum atomic E-state index is 13.3. The first-order valence-electron chi connectivity index (χ1n) is 14.0. The Balaban J connectivity index is 1.97. The minimum absolute atomic E-state index is 0.00187. The molecule has 7 nitrogen and oxygen atoms in total. The van der Waals surface area contributed by atoms with Crippen molar-refractivity contribution in [1.82, 2.24) is 9.62 Å². The van der Waals surface area contributed by atoms with Crippen molar-refractivity contribution in [3.63, 3.8) is 0 Å². The van der Waals surface area contributed by atoms with E-state index in [2.05, 4.69) is 38.6 Å². The molecule has 0 aliphatic heterocycles. The van der Waals surface area contributed by atoms with Gasteiger partial charge in [0.25, 0.3) is 0 Å². The van der Waals surface area contributed by atoms with Crippen LogP contribution in [0.2, 0.25) is 18.1 Å². The molecule has 0 spiro atoms. The van der Waals surface area contributed by atoms with Gasteiger partial charge in [-0.2, -0.15) is 0 Å². The first-order chi connectivity index (χ1) is 19.2. The Bertz CT molecular complexity index is 1370. The van der Waals surface area contributed by atoms with E-state index >= 15 is 0 Å². The highest BCUT2D eigenvalue weighted by Crippen LogP contribution is 2.37. The lowest BCUT2D eigenvalue weighted by molar-refractivity contribution is -0.145. The fourth-order valence-electron chi connectivity index (χ4n) is 4.12. The maximum absolute atomic E-state index is 13.3. The van der Waals surface area contributed by atoms with Gasteiger partial charge in [-0.15, -0.1) is 0 Å². The van der Waals surface area contributed by atoms with Crippen LogP contribution in [0.4, 0.5) is 0 Å². The second kappa shape index (κ2) is 13.8. The predicted molar refractivity (Wildman–Crippen MR) is 167 cm³/mol. The molecule has 0 aromatic heterocycles. The summed E-state index contributed by atoms with van der Waals surface area (Å²) in [4.78, 5) is 14.9. The van der Waals surface area contributed by atoms with Gasteiger partial charge in [-0.1, -0.05) is 80.9 Å². The number of sulfonamides is 1. The molecule has 0 aliphatic carbocycles. The quantitative estimate of drug-likeness (QED) is 0.180. The van der Waals surface area contributed by atoms with Gasteiger partial charge in [-0.3, -0.25) is 9.69 Å². The molecule has 0 radical (unpaired) electrons. The Labute approximate surface area is 247 Å². The van der Waals surface area contributed by atoms with Crippen LogP contribution in [0.5, 0.6) is 5.75 Å². The number of esters is 1. The van der Waals surface area contributed by atoms with Crippen LogP contribution in [0.25, 0.3) is 0 Å². The summed E-state index contributed by atoms with van der Waals surface area (Å²) in [5.74, 6) is 0.409. The van der Waals surface area contributed by atoms with Crippen LogP contribution in [0.3, 0.4) is 0 Å². The molecule has 3 rings (SSSR count). The summed E-state index contributed by atoms with van der Waals surface area (Å²) in [5, 5.41) is 0.0502. The average Bonchev–Trinajstić information content (AvgIpc) is 2.90. The molecular formula is C32H44N2O5SSi. The van der Waals surface area contributed by atoms with Crippen molar-refractivity contribution in [3.05, 3.63) is 95.6 Å². The second-order valence-corrected chi connectivity index (χ2v) is 18.3.